The number of carbonyl (C=O) groups excluding carboxylic acids is 1. The number of likely N-dealkylation sites (tertiary alicyclic amines) is 1. The van der Waals surface area contributed by atoms with Gasteiger partial charge in [-0.25, -0.2) is 0 Å². The Kier molecular flexibility index (Phi) is 4.06. The third-order valence-electron chi connectivity index (χ3n) is 4.70. The third-order valence-corrected chi connectivity index (χ3v) is 4.70. The first-order valence-corrected chi connectivity index (χ1v) is 7.91. The van der Waals surface area contributed by atoms with Crippen molar-refractivity contribution in [1.29, 1.82) is 0 Å². The zero-order valence-electron chi connectivity index (χ0n) is 12.3. The molecule has 1 aromatic carbocycles. The Bertz CT molecular complexity index is 478. The maximum atomic E-state index is 12.8. The number of hydrogen-bond acceptors (Lipinski definition) is 2. The van der Waals surface area contributed by atoms with E-state index in [1.165, 1.54) is 31.2 Å². The van der Waals surface area contributed by atoms with Crippen LogP contribution in [0.3, 0.4) is 0 Å². The zero-order chi connectivity index (χ0) is 13.9. The molecule has 0 aliphatic carbocycles. The summed E-state index contributed by atoms with van der Waals surface area (Å²) < 4.78 is 0. The Hall–Kier alpha value is -1.35. The topological polar surface area (TPSA) is 23.6 Å². The van der Waals surface area contributed by atoms with Crippen LogP contribution >= 0.6 is 0 Å². The maximum absolute atomic E-state index is 12.8. The molecule has 1 fully saturated rings. The van der Waals surface area contributed by atoms with Crippen LogP contribution in [0.1, 0.15) is 38.2 Å². The van der Waals surface area contributed by atoms with Gasteiger partial charge in [-0.2, -0.15) is 0 Å². The molecule has 0 N–H and O–H groups in total. The first kappa shape index (κ1) is 13.6. The average Bonchev–Trinajstić information content (AvgIpc) is 2.72. The maximum Gasteiger partial charge on any atom is 0.244 e. The van der Waals surface area contributed by atoms with E-state index in [4.69, 9.17) is 0 Å². The largest absolute Gasteiger partial charge is 0.310 e. The van der Waals surface area contributed by atoms with Gasteiger partial charge < -0.3 is 4.90 Å². The van der Waals surface area contributed by atoms with Crippen molar-refractivity contribution in [2.45, 2.75) is 45.1 Å². The lowest BCUT2D eigenvalue weighted by molar-refractivity contribution is -0.123. The highest BCUT2D eigenvalue weighted by molar-refractivity contribution is 5.98. The van der Waals surface area contributed by atoms with Gasteiger partial charge in [-0.15, -0.1) is 0 Å². The van der Waals surface area contributed by atoms with Crippen LogP contribution in [0.15, 0.2) is 24.3 Å². The Morgan fingerprint density at radius 1 is 1.05 bits per heavy atom. The molecule has 0 aromatic heterocycles. The fourth-order valence-corrected chi connectivity index (χ4v) is 3.43. The molecule has 3 nitrogen and oxygen atoms in total. The molecule has 0 bridgehead atoms. The van der Waals surface area contributed by atoms with Crippen molar-refractivity contribution in [2.75, 3.05) is 24.5 Å². The molecule has 1 aromatic rings. The van der Waals surface area contributed by atoms with Crippen molar-refractivity contribution < 1.29 is 4.79 Å². The van der Waals surface area contributed by atoms with Gasteiger partial charge in [0.2, 0.25) is 5.91 Å². The number of para-hydroxylation sites is 1. The molecule has 0 saturated carbocycles. The number of rotatable bonds is 2. The molecule has 108 valence electrons. The summed E-state index contributed by atoms with van der Waals surface area (Å²) in [6.07, 6.45) is 6.07. The number of anilines is 1. The number of benzene rings is 1. The molecule has 2 aliphatic heterocycles. The van der Waals surface area contributed by atoms with E-state index < -0.39 is 0 Å². The number of nitrogens with zero attached hydrogens (tertiary/aromatic N) is 2. The molecule has 0 radical (unpaired) electrons. The molecule has 20 heavy (non-hydrogen) atoms. The standard InChI is InChI=1S/C17H24N2O/c1-14(18-11-6-2-3-7-12-18)17(20)19-13-10-15-8-4-5-9-16(15)19/h4-5,8-9,14H,2-3,6-7,10-13H2,1H3. The quantitative estimate of drug-likeness (QED) is 0.826. The van der Waals surface area contributed by atoms with Gasteiger partial charge in [0.1, 0.15) is 0 Å². The fraction of sp³-hybridized carbons (Fsp3) is 0.588. The van der Waals surface area contributed by atoms with Crippen molar-refractivity contribution in [3.05, 3.63) is 29.8 Å². The number of hydrogen-bond donors (Lipinski definition) is 0. The molecule has 0 spiro atoms. The highest BCUT2D eigenvalue weighted by Gasteiger charge is 2.30. The fourth-order valence-electron chi connectivity index (χ4n) is 3.43. The second-order valence-electron chi connectivity index (χ2n) is 5.99. The Balaban J connectivity index is 1.72. The van der Waals surface area contributed by atoms with Gasteiger partial charge in [0.05, 0.1) is 6.04 Å². The van der Waals surface area contributed by atoms with Crippen molar-refractivity contribution in [2.24, 2.45) is 0 Å². The summed E-state index contributed by atoms with van der Waals surface area (Å²) in [6.45, 7) is 5.07. The molecule has 3 rings (SSSR count). The number of amides is 1. The predicted molar refractivity (Wildman–Crippen MR) is 82.0 cm³/mol. The SMILES string of the molecule is CC(C(=O)N1CCc2ccccc21)N1CCCCCC1. The summed E-state index contributed by atoms with van der Waals surface area (Å²) in [6, 6.07) is 8.32. The zero-order valence-corrected chi connectivity index (χ0v) is 12.3. The first-order chi connectivity index (χ1) is 9.77. The third kappa shape index (κ3) is 2.59. The average molecular weight is 272 g/mol. The summed E-state index contributed by atoms with van der Waals surface area (Å²) in [7, 11) is 0. The van der Waals surface area contributed by atoms with Crippen molar-refractivity contribution in [3.8, 4) is 0 Å². The van der Waals surface area contributed by atoms with Gasteiger partial charge in [0, 0.05) is 12.2 Å². The molecular formula is C17H24N2O. The van der Waals surface area contributed by atoms with E-state index >= 15 is 0 Å². The molecule has 3 heteroatoms. The second-order valence-corrected chi connectivity index (χ2v) is 5.99. The summed E-state index contributed by atoms with van der Waals surface area (Å²) in [5, 5.41) is 0. The van der Waals surface area contributed by atoms with Gasteiger partial charge in [0.25, 0.3) is 0 Å². The predicted octanol–water partition coefficient (Wildman–Crippen LogP) is 2.84. The molecular weight excluding hydrogens is 248 g/mol. The summed E-state index contributed by atoms with van der Waals surface area (Å²) >= 11 is 0. The van der Waals surface area contributed by atoms with E-state index in [-0.39, 0.29) is 11.9 Å². The van der Waals surface area contributed by atoms with E-state index in [2.05, 4.69) is 30.0 Å². The van der Waals surface area contributed by atoms with E-state index in [0.717, 1.165) is 31.7 Å². The van der Waals surface area contributed by atoms with Crippen molar-refractivity contribution in [1.82, 2.24) is 4.90 Å². The molecule has 1 amide bonds. The lowest BCUT2D eigenvalue weighted by Crippen LogP contribution is -2.47. The summed E-state index contributed by atoms with van der Waals surface area (Å²) in [4.78, 5) is 17.2. The van der Waals surface area contributed by atoms with Crippen LogP contribution in [0.4, 0.5) is 5.69 Å². The van der Waals surface area contributed by atoms with Crippen LogP contribution < -0.4 is 4.90 Å². The monoisotopic (exact) mass is 272 g/mol. The minimum atomic E-state index is 0.0132. The molecule has 2 heterocycles. The van der Waals surface area contributed by atoms with Gasteiger partial charge >= 0.3 is 0 Å². The Labute approximate surface area is 121 Å². The van der Waals surface area contributed by atoms with E-state index in [9.17, 15) is 4.79 Å². The van der Waals surface area contributed by atoms with Crippen LogP contribution in [-0.4, -0.2) is 36.5 Å². The van der Waals surface area contributed by atoms with Gasteiger partial charge in [-0.05, 0) is 50.9 Å². The highest BCUT2D eigenvalue weighted by Crippen LogP contribution is 2.28. The molecule has 1 unspecified atom stereocenters. The van der Waals surface area contributed by atoms with E-state index in [0.29, 0.717) is 0 Å². The van der Waals surface area contributed by atoms with Crippen LogP contribution in [0.2, 0.25) is 0 Å². The van der Waals surface area contributed by atoms with Crippen LogP contribution in [0, 0.1) is 0 Å². The lowest BCUT2D eigenvalue weighted by atomic mass is 10.1. The number of carbonyl (C=O) groups is 1. The Morgan fingerprint density at radius 3 is 2.50 bits per heavy atom. The summed E-state index contributed by atoms with van der Waals surface area (Å²) in [5.41, 5.74) is 2.43. The normalized spacial score (nSPS) is 21.4. The smallest absolute Gasteiger partial charge is 0.244 e. The Morgan fingerprint density at radius 2 is 1.75 bits per heavy atom. The van der Waals surface area contributed by atoms with E-state index in [1.54, 1.807) is 0 Å². The van der Waals surface area contributed by atoms with Crippen molar-refractivity contribution >= 4 is 11.6 Å². The minimum absolute atomic E-state index is 0.0132. The van der Waals surface area contributed by atoms with Gasteiger partial charge in [-0.1, -0.05) is 31.0 Å². The van der Waals surface area contributed by atoms with Crippen molar-refractivity contribution in [3.63, 3.8) is 0 Å². The second kappa shape index (κ2) is 5.96. The highest BCUT2D eigenvalue weighted by atomic mass is 16.2. The molecule has 1 saturated heterocycles. The number of fused-ring (bicyclic) bond motifs is 1. The lowest BCUT2D eigenvalue weighted by Gasteiger charge is -2.30. The summed E-state index contributed by atoms with van der Waals surface area (Å²) in [5.74, 6) is 0.275. The first-order valence-electron chi connectivity index (χ1n) is 7.91. The van der Waals surface area contributed by atoms with E-state index in [1.807, 2.05) is 11.0 Å². The molecule has 2 aliphatic rings. The van der Waals surface area contributed by atoms with Crippen LogP contribution in [-0.2, 0) is 11.2 Å². The van der Waals surface area contributed by atoms with Gasteiger partial charge in [-0.3, -0.25) is 9.69 Å². The van der Waals surface area contributed by atoms with Gasteiger partial charge in [0.15, 0.2) is 0 Å². The molecule has 1 atom stereocenters. The van der Waals surface area contributed by atoms with Crippen LogP contribution in [0.5, 0.6) is 0 Å². The van der Waals surface area contributed by atoms with Crippen LogP contribution in [0.25, 0.3) is 0 Å². The minimum Gasteiger partial charge on any atom is -0.310 e.